The van der Waals surface area contributed by atoms with E-state index in [0.717, 1.165) is 0 Å². The second-order valence-corrected chi connectivity index (χ2v) is 9.10. The van der Waals surface area contributed by atoms with Gasteiger partial charge in [0.1, 0.15) is 11.4 Å². The molecule has 2 heterocycles. The topological polar surface area (TPSA) is 123 Å². The van der Waals surface area contributed by atoms with Gasteiger partial charge in [-0.15, -0.1) is 0 Å². The highest BCUT2D eigenvalue weighted by molar-refractivity contribution is 7.91. The van der Waals surface area contributed by atoms with Crippen molar-refractivity contribution in [3.63, 3.8) is 0 Å². The fourth-order valence-corrected chi connectivity index (χ4v) is 5.01. The Labute approximate surface area is 162 Å². The van der Waals surface area contributed by atoms with Crippen molar-refractivity contribution in [3.8, 4) is 0 Å². The first-order chi connectivity index (χ1) is 13.2. The molecule has 1 aliphatic rings. The molecule has 1 aromatic heterocycles. The van der Waals surface area contributed by atoms with E-state index in [1.54, 1.807) is 30.0 Å². The van der Waals surface area contributed by atoms with E-state index >= 15 is 0 Å². The van der Waals surface area contributed by atoms with E-state index < -0.39 is 20.7 Å². The summed E-state index contributed by atoms with van der Waals surface area (Å²) in [5, 5.41) is 13.8. The number of amides is 1. The Bertz CT molecular complexity index is 971. The minimum atomic E-state index is -3.13. The Morgan fingerprint density at radius 3 is 2.79 bits per heavy atom. The SMILES string of the molecule is Cc1ccc(NC(=O)CN(Cc2ccco2)[C@@H]2CCS(=O)(=O)C2)c([N+](=O)[O-])c1. The van der Waals surface area contributed by atoms with E-state index in [-0.39, 0.29) is 42.0 Å². The van der Waals surface area contributed by atoms with Crippen LogP contribution in [0.3, 0.4) is 0 Å². The number of furan rings is 1. The number of carbonyl (C=O) groups is 1. The summed E-state index contributed by atoms with van der Waals surface area (Å²) in [5.41, 5.74) is 0.632. The molecule has 1 atom stereocenters. The van der Waals surface area contributed by atoms with Crippen molar-refractivity contribution in [1.82, 2.24) is 4.90 Å². The molecular formula is C18H21N3O6S. The molecule has 3 rings (SSSR count). The molecule has 1 amide bonds. The third-order valence-corrected chi connectivity index (χ3v) is 6.38. The van der Waals surface area contributed by atoms with Gasteiger partial charge in [0.2, 0.25) is 5.91 Å². The van der Waals surface area contributed by atoms with Gasteiger partial charge in [0.05, 0.1) is 35.8 Å². The van der Waals surface area contributed by atoms with Gasteiger partial charge in [-0.1, -0.05) is 6.07 Å². The molecule has 2 aromatic rings. The predicted molar refractivity (Wildman–Crippen MR) is 103 cm³/mol. The van der Waals surface area contributed by atoms with Gasteiger partial charge < -0.3 is 9.73 Å². The predicted octanol–water partition coefficient (Wildman–Crippen LogP) is 2.12. The minimum Gasteiger partial charge on any atom is -0.468 e. The van der Waals surface area contributed by atoms with Crippen molar-refractivity contribution in [2.75, 3.05) is 23.4 Å². The number of benzene rings is 1. The Hall–Kier alpha value is -2.72. The molecule has 0 bridgehead atoms. The lowest BCUT2D eigenvalue weighted by atomic mass is 10.2. The molecule has 28 heavy (non-hydrogen) atoms. The maximum atomic E-state index is 12.6. The molecule has 0 unspecified atom stereocenters. The van der Waals surface area contributed by atoms with Crippen LogP contribution in [-0.4, -0.2) is 48.2 Å². The first-order valence-electron chi connectivity index (χ1n) is 8.75. The van der Waals surface area contributed by atoms with Crippen LogP contribution >= 0.6 is 0 Å². The molecule has 9 nitrogen and oxygen atoms in total. The summed E-state index contributed by atoms with van der Waals surface area (Å²) in [6.07, 6.45) is 1.94. The maximum Gasteiger partial charge on any atom is 0.293 e. The zero-order valence-corrected chi connectivity index (χ0v) is 16.1. The van der Waals surface area contributed by atoms with Crippen molar-refractivity contribution in [3.05, 3.63) is 58.0 Å². The number of sulfone groups is 1. The normalized spacial score (nSPS) is 18.3. The van der Waals surface area contributed by atoms with Gasteiger partial charge in [-0.25, -0.2) is 8.42 Å². The third-order valence-electron chi connectivity index (χ3n) is 4.63. The first kappa shape index (κ1) is 20.0. The summed E-state index contributed by atoms with van der Waals surface area (Å²) < 4.78 is 29.0. The van der Waals surface area contributed by atoms with Crippen molar-refractivity contribution < 1.29 is 22.6 Å². The van der Waals surface area contributed by atoms with Crippen LogP contribution in [-0.2, 0) is 21.2 Å². The lowest BCUT2D eigenvalue weighted by Crippen LogP contribution is -2.41. The zero-order chi connectivity index (χ0) is 20.3. The number of carbonyl (C=O) groups excluding carboxylic acids is 1. The second kappa shape index (κ2) is 8.11. The van der Waals surface area contributed by atoms with Crippen LogP contribution in [0.15, 0.2) is 41.0 Å². The molecule has 1 aliphatic heterocycles. The molecule has 10 heteroatoms. The van der Waals surface area contributed by atoms with Crippen LogP contribution in [0, 0.1) is 17.0 Å². The van der Waals surface area contributed by atoms with Crippen molar-refractivity contribution in [1.29, 1.82) is 0 Å². The van der Waals surface area contributed by atoms with E-state index in [9.17, 15) is 23.3 Å². The highest BCUT2D eigenvalue weighted by Crippen LogP contribution is 2.26. The van der Waals surface area contributed by atoms with Crippen LogP contribution in [0.25, 0.3) is 0 Å². The standard InChI is InChI=1S/C18H21N3O6S/c1-13-4-5-16(17(9-13)21(23)24)19-18(22)11-20(10-15-3-2-7-27-15)14-6-8-28(25,26)12-14/h2-5,7,9,14H,6,8,10-12H2,1H3,(H,19,22)/t14-/m1/s1. The van der Waals surface area contributed by atoms with Crippen LogP contribution in [0.4, 0.5) is 11.4 Å². The number of nitro groups is 1. The number of rotatable bonds is 7. The van der Waals surface area contributed by atoms with Gasteiger partial charge in [-0.3, -0.25) is 19.8 Å². The third kappa shape index (κ3) is 4.96. The molecular weight excluding hydrogens is 386 g/mol. The lowest BCUT2D eigenvalue weighted by Gasteiger charge is -2.26. The molecule has 1 fully saturated rings. The van der Waals surface area contributed by atoms with E-state index in [2.05, 4.69) is 5.32 Å². The fraction of sp³-hybridized carbons (Fsp3) is 0.389. The molecule has 0 saturated carbocycles. The van der Waals surface area contributed by atoms with E-state index in [1.807, 2.05) is 0 Å². The van der Waals surface area contributed by atoms with Crippen molar-refractivity contribution in [2.45, 2.75) is 25.9 Å². The number of nitro benzene ring substituents is 1. The summed E-state index contributed by atoms with van der Waals surface area (Å²) in [7, 11) is -3.13. The van der Waals surface area contributed by atoms with Gasteiger partial charge in [-0.2, -0.15) is 0 Å². The fourth-order valence-electron chi connectivity index (χ4n) is 3.25. The number of hydrogen-bond donors (Lipinski definition) is 1. The van der Waals surface area contributed by atoms with Gasteiger partial charge in [-0.05, 0) is 37.1 Å². The van der Waals surface area contributed by atoms with Crippen LogP contribution < -0.4 is 5.32 Å². The highest BCUT2D eigenvalue weighted by atomic mass is 32.2. The van der Waals surface area contributed by atoms with Crippen LogP contribution in [0.1, 0.15) is 17.7 Å². The summed E-state index contributed by atoms with van der Waals surface area (Å²) in [6, 6.07) is 7.71. The molecule has 0 aliphatic carbocycles. The Balaban J connectivity index is 1.75. The van der Waals surface area contributed by atoms with E-state index in [4.69, 9.17) is 4.42 Å². The van der Waals surface area contributed by atoms with Gasteiger partial charge >= 0.3 is 0 Å². The number of hydrogen-bond acceptors (Lipinski definition) is 7. The summed E-state index contributed by atoms with van der Waals surface area (Å²) in [4.78, 5) is 25.0. The van der Waals surface area contributed by atoms with Crippen molar-refractivity contribution >= 4 is 27.1 Å². The monoisotopic (exact) mass is 407 g/mol. The molecule has 0 spiro atoms. The largest absolute Gasteiger partial charge is 0.468 e. The highest BCUT2D eigenvalue weighted by Gasteiger charge is 2.33. The van der Waals surface area contributed by atoms with Gasteiger partial charge in [0, 0.05) is 12.1 Å². The lowest BCUT2D eigenvalue weighted by molar-refractivity contribution is -0.384. The average Bonchev–Trinajstić information content (AvgIpc) is 3.25. The van der Waals surface area contributed by atoms with Gasteiger partial charge in [0.15, 0.2) is 9.84 Å². The Morgan fingerprint density at radius 2 is 2.18 bits per heavy atom. The maximum absolute atomic E-state index is 12.6. The van der Waals surface area contributed by atoms with E-state index in [1.165, 1.54) is 18.4 Å². The quantitative estimate of drug-likeness (QED) is 0.551. The number of nitrogens with one attached hydrogen (secondary N) is 1. The second-order valence-electron chi connectivity index (χ2n) is 6.87. The zero-order valence-electron chi connectivity index (χ0n) is 15.3. The number of aryl methyl sites for hydroxylation is 1. The van der Waals surface area contributed by atoms with Crippen LogP contribution in [0.2, 0.25) is 0 Å². The molecule has 0 radical (unpaired) electrons. The summed E-state index contributed by atoms with van der Waals surface area (Å²) in [5.74, 6) is 0.212. The van der Waals surface area contributed by atoms with Crippen molar-refractivity contribution in [2.24, 2.45) is 0 Å². The number of anilines is 1. The van der Waals surface area contributed by atoms with Crippen LogP contribution in [0.5, 0.6) is 0 Å². The molecule has 1 saturated heterocycles. The number of nitrogens with zero attached hydrogens (tertiary/aromatic N) is 2. The smallest absolute Gasteiger partial charge is 0.293 e. The van der Waals surface area contributed by atoms with Gasteiger partial charge in [0.25, 0.3) is 5.69 Å². The molecule has 150 valence electrons. The Morgan fingerprint density at radius 1 is 1.39 bits per heavy atom. The summed E-state index contributed by atoms with van der Waals surface area (Å²) >= 11 is 0. The molecule has 1 N–H and O–H groups in total. The Kier molecular flexibility index (Phi) is 5.80. The molecule has 1 aromatic carbocycles. The minimum absolute atomic E-state index is 0.0222. The first-order valence-corrected chi connectivity index (χ1v) is 10.6. The van der Waals surface area contributed by atoms with E-state index in [0.29, 0.717) is 17.7 Å². The summed E-state index contributed by atoms with van der Waals surface area (Å²) in [6.45, 7) is 1.90. The average molecular weight is 407 g/mol.